The molecule has 1 aromatic carbocycles. The van der Waals surface area contributed by atoms with Crippen molar-refractivity contribution in [1.29, 1.82) is 10.8 Å². The van der Waals surface area contributed by atoms with E-state index in [0.29, 0.717) is 17.9 Å². The first-order valence-corrected chi connectivity index (χ1v) is 12.4. The molecule has 2 N–H and O–H groups in total. The van der Waals surface area contributed by atoms with E-state index in [9.17, 15) is 4.79 Å². The van der Waals surface area contributed by atoms with Gasteiger partial charge in [0.1, 0.15) is 5.75 Å². The van der Waals surface area contributed by atoms with Gasteiger partial charge in [0.15, 0.2) is 22.3 Å². The average molecular weight is 470 g/mol. The molecule has 178 valence electrons. The van der Waals surface area contributed by atoms with Crippen molar-refractivity contribution in [2.24, 2.45) is 0 Å². The molecule has 0 spiro atoms. The number of thioether (sulfide) groups is 1. The van der Waals surface area contributed by atoms with Crippen molar-refractivity contribution < 1.29 is 9.53 Å². The maximum atomic E-state index is 13.0. The van der Waals surface area contributed by atoms with Crippen molar-refractivity contribution in [3.63, 3.8) is 0 Å². The molecule has 8 heteroatoms. The van der Waals surface area contributed by atoms with Gasteiger partial charge in [-0.1, -0.05) is 32.5 Å². The number of ether oxygens (including phenoxy) is 1. The Morgan fingerprint density at radius 3 is 2.42 bits per heavy atom. The Labute approximate surface area is 200 Å². The third-order valence-corrected chi connectivity index (χ3v) is 6.86. The van der Waals surface area contributed by atoms with E-state index in [0.717, 1.165) is 60.2 Å². The van der Waals surface area contributed by atoms with Crippen LogP contribution in [0.5, 0.6) is 5.75 Å². The highest BCUT2D eigenvalue weighted by Gasteiger charge is 2.22. The van der Waals surface area contributed by atoms with Gasteiger partial charge in [-0.25, -0.2) is 0 Å². The molecule has 0 amide bonds. The Morgan fingerprint density at radius 2 is 1.82 bits per heavy atom. The minimum Gasteiger partial charge on any atom is -0.494 e. The van der Waals surface area contributed by atoms with Crippen molar-refractivity contribution in [2.45, 2.75) is 59.8 Å². The largest absolute Gasteiger partial charge is 0.494 e. The van der Waals surface area contributed by atoms with Gasteiger partial charge < -0.3 is 9.64 Å². The van der Waals surface area contributed by atoms with E-state index in [4.69, 9.17) is 15.6 Å². The minimum atomic E-state index is -0.118. The van der Waals surface area contributed by atoms with Crippen molar-refractivity contribution >= 4 is 28.5 Å². The SMILES string of the molecule is CCOc1cc(C(=O)CSC(=N)n2nc(N3CCCC3)c(C)c(C)c2=N)cc(C(C)(C)C)c1. The lowest BCUT2D eigenvalue weighted by atomic mass is 9.85. The monoisotopic (exact) mass is 469 g/mol. The highest BCUT2D eigenvalue weighted by Crippen LogP contribution is 2.28. The smallest absolute Gasteiger partial charge is 0.184 e. The van der Waals surface area contributed by atoms with Crippen LogP contribution in [0.25, 0.3) is 0 Å². The molecule has 2 heterocycles. The molecule has 0 bridgehead atoms. The predicted molar refractivity (Wildman–Crippen MR) is 135 cm³/mol. The number of nitrogens with zero attached hydrogens (tertiary/aromatic N) is 3. The molecular formula is C25H35N5O2S. The normalized spacial score (nSPS) is 13.9. The standard InChI is InChI=1S/C25H35N5O2S/c1-7-32-20-13-18(12-19(14-20)25(4,5)6)21(31)15-33-24(27)30-22(26)16(2)17(3)23(28-30)29-10-8-9-11-29/h12-14,26-27H,7-11,15H2,1-6H3. The number of Topliss-reactive ketones (excluding diaryl/α,β-unsaturated/α-hetero) is 1. The summed E-state index contributed by atoms with van der Waals surface area (Å²) in [7, 11) is 0. The number of aromatic nitrogens is 2. The van der Waals surface area contributed by atoms with E-state index < -0.39 is 0 Å². The summed E-state index contributed by atoms with van der Waals surface area (Å²) in [4.78, 5) is 15.3. The number of anilines is 1. The number of ketones is 1. The summed E-state index contributed by atoms with van der Waals surface area (Å²) < 4.78 is 7.04. The summed E-state index contributed by atoms with van der Waals surface area (Å²) in [6, 6.07) is 5.67. The zero-order valence-corrected chi connectivity index (χ0v) is 21.4. The first-order chi connectivity index (χ1) is 15.5. The summed E-state index contributed by atoms with van der Waals surface area (Å²) in [6.45, 7) is 14.5. The van der Waals surface area contributed by atoms with Crippen LogP contribution in [0.2, 0.25) is 0 Å². The number of hydrogen-bond acceptors (Lipinski definition) is 7. The quantitative estimate of drug-likeness (QED) is 0.364. The Kier molecular flexibility index (Phi) is 7.67. The van der Waals surface area contributed by atoms with Crippen LogP contribution in [0.3, 0.4) is 0 Å². The Bertz CT molecular complexity index is 1110. The molecule has 33 heavy (non-hydrogen) atoms. The van der Waals surface area contributed by atoms with Crippen LogP contribution in [0, 0.1) is 24.7 Å². The first kappa shape index (κ1) is 25.0. The molecule has 0 aliphatic carbocycles. The fraction of sp³-hybridized carbons (Fsp3) is 0.520. The zero-order chi connectivity index (χ0) is 24.3. The van der Waals surface area contributed by atoms with E-state index in [2.05, 4.69) is 30.8 Å². The third-order valence-electron chi connectivity index (χ3n) is 6.00. The molecule has 0 unspecified atom stereocenters. The number of hydrogen-bond donors (Lipinski definition) is 2. The van der Waals surface area contributed by atoms with Crippen molar-refractivity contribution in [2.75, 3.05) is 30.3 Å². The van der Waals surface area contributed by atoms with Crippen molar-refractivity contribution in [3.8, 4) is 5.75 Å². The van der Waals surface area contributed by atoms with Gasteiger partial charge in [0.25, 0.3) is 0 Å². The molecule has 2 aromatic rings. The summed E-state index contributed by atoms with van der Waals surface area (Å²) >= 11 is 1.10. The predicted octanol–water partition coefficient (Wildman–Crippen LogP) is 4.67. The molecule has 1 fully saturated rings. The highest BCUT2D eigenvalue weighted by atomic mass is 32.2. The van der Waals surface area contributed by atoms with Crippen molar-refractivity contribution in [1.82, 2.24) is 9.78 Å². The lowest BCUT2D eigenvalue weighted by Gasteiger charge is -2.22. The molecule has 0 saturated carbocycles. The van der Waals surface area contributed by atoms with Crippen LogP contribution in [0.1, 0.15) is 67.6 Å². The van der Waals surface area contributed by atoms with Crippen LogP contribution in [-0.2, 0) is 5.41 Å². The molecule has 7 nitrogen and oxygen atoms in total. The number of benzene rings is 1. The van der Waals surface area contributed by atoms with E-state index in [1.54, 1.807) is 6.07 Å². The van der Waals surface area contributed by atoms with Gasteiger partial charge in [-0.05, 0) is 68.4 Å². The Morgan fingerprint density at radius 1 is 1.15 bits per heavy atom. The number of rotatable bonds is 6. The van der Waals surface area contributed by atoms with Crippen LogP contribution >= 0.6 is 11.8 Å². The minimum absolute atomic E-state index is 0.0764. The van der Waals surface area contributed by atoms with Crippen LogP contribution in [0.4, 0.5) is 5.82 Å². The molecule has 1 aromatic heterocycles. The number of carbonyl (C=O) groups is 1. The fourth-order valence-electron chi connectivity index (χ4n) is 3.82. The molecule has 1 saturated heterocycles. The molecule has 0 atom stereocenters. The van der Waals surface area contributed by atoms with Crippen LogP contribution in [-0.4, -0.2) is 46.2 Å². The molecule has 1 aliphatic rings. The summed E-state index contributed by atoms with van der Waals surface area (Å²) in [5.74, 6) is 1.53. The van der Waals surface area contributed by atoms with E-state index >= 15 is 0 Å². The van der Waals surface area contributed by atoms with Crippen molar-refractivity contribution in [3.05, 3.63) is 45.9 Å². The fourth-order valence-corrected chi connectivity index (χ4v) is 4.51. The van der Waals surface area contributed by atoms with Crippen LogP contribution < -0.4 is 15.1 Å². The second kappa shape index (κ2) is 10.1. The van der Waals surface area contributed by atoms with Gasteiger partial charge in [-0.2, -0.15) is 4.68 Å². The number of carbonyl (C=O) groups excluding carboxylic acids is 1. The molecular weight excluding hydrogens is 434 g/mol. The van der Waals surface area contributed by atoms with Crippen LogP contribution in [0.15, 0.2) is 18.2 Å². The molecule has 3 rings (SSSR count). The second-order valence-corrected chi connectivity index (χ2v) is 10.4. The van der Waals surface area contributed by atoms with Gasteiger partial charge in [0.05, 0.1) is 12.4 Å². The maximum Gasteiger partial charge on any atom is 0.184 e. The van der Waals surface area contributed by atoms with Gasteiger partial charge in [0, 0.05) is 24.2 Å². The maximum absolute atomic E-state index is 13.0. The van der Waals surface area contributed by atoms with E-state index in [-0.39, 0.29) is 27.6 Å². The Balaban J connectivity index is 1.82. The second-order valence-electron chi connectivity index (χ2n) is 9.47. The number of nitrogens with one attached hydrogen (secondary N) is 2. The zero-order valence-electron chi connectivity index (χ0n) is 20.5. The average Bonchev–Trinajstić information content (AvgIpc) is 3.30. The summed E-state index contributed by atoms with van der Waals surface area (Å²) in [5.41, 5.74) is 3.47. The van der Waals surface area contributed by atoms with E-state index in [1.807, 2.05) is 32.9 Å². The molecule has 1 aliphatic heterocycles. The van der Waals surface area contributed by atoms with Gasteiger partial charge in [-0.3, -0.25) is 15.6 Å². The third kappa shape index (κ3) is 5.66. The highest BCUT2D eigenvalue weighted by molar-refractivity contribution is 8.14. The topological polar surface area (TPSA) is 95.1 Å². The molecule has 0 radical (unpaired) electrons. The van der Waals surface area contributed by atoms with Gasteiger partial charge >= 0.3 is 0 Å². The summed E-state index contributed by atoms with van der Waals surface area (Å²) in [5, 5.41) is 21.7. The Hall–Kier alpha value is -2.61. The van der Waals surface area contributed by atoms with Gasteiger partial charge in [-0.15, -0.1) is 5.10 Å². The first-order valence-electron chi connectivity index (χ1n) is 11.5. The van der Waals surface area contributed by atoms with E-state index in [1.165, 1.54) is 4.68 Å². The summed E-state index contributed by atoms with van der Waals surface area (Å²) in [6.07, 6.45) is 2.25. The lowest BCUT2D eigenvalue weighted by Crippen LogP contribution is -2.34. The lowest BCUT2D eigenvalue weighted by molar-refractivity contribution is 0.102. The van der Waals surface area contributed by atoms with Gasteiger partial charge in [0.2, 0.25) is 0 Å².